The summed E-state index contributed by atoms with van der Waals surface area (Å²) in [4.78, 5) is 42.1. The number of aromatic nitrogens is 4. The van der Waals surface area contributed by atoms with E-state index in [1.807, 2.05) is 24.3 Å². The number of anilines is 2. The number of H-pyrrole nitrogens is 1. The number of carbonyl (C=O) groups excluding carboxylic acids is 2. The van der Waals surface area contributed by atoms with Gasteiger partial charge in [-0.05, 0) is 86.3 Å². The van der Waals surface area contributed by atoms with E-state index in [4.69, 9.17) is 0 Å². The number of hydrogen-bond acceptors (Lipinski definition) is 6. The van der Waals surface area contributed by atoms with Crippen molar-refractivity contribution in [3.05, 3.63) is 66.6 Å². The highest BCUT2D eigenvalue weighted by atomic mass is 16.3. The van der Waals surface area contributed by atoms with Crippen molar-refractivity contribution in [1.29, 1.82) is 0 Å². The number of aliphatic hydroxyl groups excluding tert-OH is 1. The van der Waals surface area contributed by atoms with E-state index in [9.17, 15) is 14.7 Å². The van der Waals surface area contributed by atoms with Gasteiger partial charge in [-0.2, -0.15) is 0 Å². The van der Waals surface area contributed by atoms with Crippen molar-refractivity contribution in [1.82, 2.24) is 19.9 Å². The number of aliphatic hydroxyl groups is 1. The van der Waals surface area contributed by atoms with Gasteiger partial charge in [0.2, 0.25) is 5.91 Å². The maximum atomic E-state index is 13.4. The molecule has 0 spiro atoms. The van der Waals surface area contributed by atoms with Crippen LogP contribution in [0.5, 0.6) is 0 Å². The first-order valence-corrected chi connectivity index (χ1v) is 13.1. The van der Waals surface area contributed by atoms with Crippen LogP contribution >= 0.6 is 0 Å². The van der Waals surface area contributed by atoms with Crippen LogP contribution in [-0.2, 0) is 4.79 Å². The summed E-state index contributed by atoms with van der Waals surface area (Å²) in [5.74, 6) is 1.91. The number of hydrogen-bond donors (Lipinski definition) is 4. The molecule has 4 N–H and O–H groups in total. The first-order valence-electron chi connectivity index (χ1n) is 13.1. The number of pyridine rings is 2. The van der Waals surface area contributed by atoms with E-state index in [-0.39, 0.29) is 35.2 Å². The van der Waals surface area contributed by atoms with Gasteiger partial charge in [0.1, 0.15) is 17.3 Å². The van der Waals surface area contributed by atoms with E-state index in [1.54, 1.807) is 36.7 Å². The molecule has 2 atom stereocenters. The summed E-state index contributed by atoms with van der Waals surface area (Å²) in [5, 5.41) is 16.4. The Kier molecular flexibility index (Phi) is 5.29. The quantitative estimate of drug-likeness (QED) is 0.316. The zero-order valence-corrected chi connectivity index (χ0v) is 20.7. The van der Waals surface area contributed by atoms with Crippen LogP contribution in [0.3, 0.4) is 0 Å². The first-order chi connectivity index (χ1) is 18.5. The molecule has 4 aliphatic carbocycles. The molecule has 9 nitrogen and oxygen atoms in total. The number of carbonyl (C=O) groups is 2. The first kappa shape index (κ1) is 23.0. The summed E-state index contributed by atoms with van der Waals surface area (Å²) >= 11 is 0. The molecule has 192 valence electrons. The lowest BCUT2D eigenvalue weighted by Gasteiger charge is -2.57. The summed E-state index contributed by atoms with van der Waals surface area (Å²) in [6.07, 6.45) is 7.62. The van der Waals surface area contributed by atoms with Gasteiger partial charge in [0, 0.05) is 23.5 Å². The van der Waals surface area contributed by atoms with Crippen LogP contribution in [0.25, 0.3) is 22.4 Å². The summed E-state index contributed by atoms with van der Waals surface area (Å²) in [6, 6.07) is 14.5. The van der Waals surface area contributed by atoms with Gasteiger partial charge in [-0.1, -0.05) is 6.07 Å². The number of benzene rings is 1. The van der Waals surface area contributed by atoms with Gasteiger partial charge in [-0.25, -0.2) is 9.97 Å². The topological polar surface area (TPSA) is 133 Å². The van der Waals surface area contributed by atoms with E-state index in [0.717, 1.165) is 48.9 Å². The fraction of sp³-hybridized carbons (Fsp3) is 0.345. The third kappa shape index (κ3) is 3.94. The molecule has 4 aliphatic rings. The van der Waals surface area contributed by atoms with Crippen molar-refractivity contribution in [2.75, 3.05) is 10.6 Å². The molecule has 38 heavy (non-hydrogen) atoms. The van der Waals surface area contributed by atoms with Gasteiger partial charge in [-0.3, -0.25) is 14.6 Å². The number of fused-ring (bicyclic) bond motifs is 1. The van der Waals surface area contributed by atoms with Crippen molar-refractivity contribution in [3.8, 4) is 11.4 Å². The van der Waals surface area contributed by atoms with Gasteiger partial charge in [0.15, 0.2) is 0 Å². The standard InChI is InChI=1S/C29H28N6O3/c36-25-18-9-16-10-19(25)14-29(12-16,13-18)28(38)32-20-6-4-17(5-7-20)26-33-22-11-24(31-15-23(22)34-26)35-27(37)21-3-1-2-8-30-21/h1-8,11,15-16,18-19,25,36H,9-10,12-14H2,(H,32,38)(H,33,34)(H,31,35,37). The van der Waals surface area contributed by atoms with Crippen LogP contribution in [0.1, 0.15) is 42.6 Å². The zero-order valence-electron chi connectivity index (χ0n) is 20.7. The van der Waals surface area contributed by atoms with Crippen LogP contribution in [0.2, 0.25) is 0 Å². The fourth-order valence-corrected chi connectivity index (χ4v) is 7.04. The predicted molar refractivity (Wildman–Crippen MR) is 142 cm³/mol. The molecule has 4 aromatic rings. The lowest BCUT2D eigenvalue weighted by molar-refractivity contribution is -0.158. The lowest BCUT2D eigenvalue weighted by atomic mass is 9.48. The molecule has 4 saturated carbocycles. The number of nitrogens with one attached hydrogen (secondary N) is 3. The molecule has 0 radical (unpaired) electrons. The Morgan fingerprint density at radius 2 is 1.76 bits per heavy atom. The number of rotatable bonds is 5. The van der Waals surface area contributed by atoms with Gasteiger partial charge < -0.3 is 20.7 Å². The van der Waals surface area contributed by atoms with E-state index in [1.165, 1.54) is 0 Å². The minimum Gasteiger partial charge on any atom is -0.393 e. The normalized spacial score (nSPS) is 27.4. The number of imidazole rings is 1. The van der Waals surface area contributed by atoms with Crippen molar-refractivity contribution in [2.45, 2.75) is 38.2 Å². The Morgan fingerprint density at radius 1 is 0.974 bits per heavy atom. The number of nitrogens with zero attached hydrogens (tertiary/aromatic N) is 3. The molecule has 0 aliphatic heterocycles. The van der Waals surface area contributed by atoms with Gasteiger partial charge in [-0.15, -0.1) is 0 Å². The monoisotopic (exact) mass is 508 g/mol. The van der Waals surface area contributed by atoms with E-state index >= 15 is 0 Å². The molecule has 8 rings (SSSR count). The minimum atomic E-state index is -0.343. The second-order valence-corrected chi connectivity index (χ2v) is 11.1. The molecule has 3 heterocycles. The highest BCUT2D eigenvalue weighted by molar-refractivity contribution is 6.03. The predicted octanol–water partition coefficient (Wildman–Crippen LogP) is 4.40. The Labute approximate surface area is 219 Å². The summed E-state index contributed by atoms with van der Waals surface area (Å²) < 4.78 is 0. The summed E-state index contributed by atoms with van der Waals surface area (Å²) in [7, 11) is 0. The molecule has 1 aromatic carbocycles. The largest absolute Gasteiger partial charge is 0.393 e. The number of amides is 2. The van der Waals surface area contributed by atoms with E-state index in [2.05, 4.69) is 30.6 Å². The van der Waals surface area contributed by atoms with Crippen molar-refractivity contribution >= 4 is 34.4 Å². The van der Waals surface area contributed by atoms with Crippen LogP contribution < -0.4 is 10.6 Å². The third-order valence-electron chi connectivity index (χ3n) is 8.63. The van der Waals surface area contributed by atoms with Crippen molar-refractivity contribution in [3.63, 3.8) is 0 Å². The molecule has 2 unspecified atom stereocenters. The highest BCUT2D eigenvalue weighted by Crippen LogP contribution is 2.60. The van der Waals surface area contributed by atoms with Crippen LogP contribution in [0, 0.1) is 23.2 Å². The maximum absolute atomic E-state index is 13.4. The molecular weight excluding hydrogens is 480 g/mol. The van der Waals surface area contributed by atoms with Crippen molar-refractivity contribution in [2.24, 2.45) is 23.2 Å². The van der Waals surface area contributed by atoms with E-state index in [0.29, 0.717) is 28.8 Å². The summed E-state index contributed by atoms with van der Waals surface area (Å²) in [6.45, 7) is 0. The molecule has 4 bridgehead atoms. The second-order valence-electron chi connectivity index (χ2n) is 11.1. The van der Waals surface area contributed by atoms with E-state index < -0.39 is 0 Å². The van der Waals surface area contributed by atoms with Crippen LogP contribution in [0.15, 0.2) is 60.9 Å². The Bertz CT molecular complexity index is 1520. The second kappa shape index (κ2) is 8.73. The maximum Gasteiger partial charge on any atom is 0.275 e. The highest BCUT2D eigenvalue weighted by Gasteiger charge is 2.58. The van der Waals surface area contributed by atoms with Crippen LogP contribution in [-0.4, -0.2) is 43.0 Å². The minimum absolute atomic E-state index is 0.0895. The molecule has 2 amide bonds. The smallest absolute Gasteiger partial charge is 0.275 e. The third-order valence-corrected chi connectivity index (χ3v) is 8.63. The Morgan fingerprint density at radius 3 is 2.50 bits per heavy atom. The lowest BCUT2D eigenvalue weighted by Crippen LogP contribution is -2.57. The zero-order chi connectivity index (χ0) is 25.9. The Hall–Kier alpha value is -4.11. The van der Waals surface area contributed by atoms with Crippen molar-refractivity contribution < 1.29 is 14.7 Å². The number of aromatic amines is 1. The molecular formula is C29H28N6O3. The molecule has 9 heteroatoms. The molecule has 3 aromatic heterocycles. The summed E-state index contributed by atoms with van der Waals surface area (Å²) in [5.41, 5.74) is 3.02. The SMILES string of the molecule is O=C(Nc1cc2nc(-c3ccc(NC(=O)C45CC6CC(C4)C(O)C(C6)C5)cc3)[nH]c2cn1)c1ccccn1. The fourth-order valence-electron chi connectivity index (χ4n) is 7.04. The van der Waals surface area contributed by atoms with Gasteiger partial charge in [0.25, 0.3) is 5.91 Å². The van der Waals surface area contributed by atoms with Gasteiger partial charge >= 0.3 is 0 Å². The molecule has 0 saturated heterocycles. The van der Waals surface area contributed by atoms with Gasteiger partial charge in [0.05, 0.1) is 28.7 Å². The molecule has 4 fully saturated rings. The Balaban J connectivity index is 1.05. The van der Waals surface area contributed by atoms with Crippen LogP contribution in [0.4, 0.5) is 11.5 Å². The average Bonchev–Trinajstić information content (AvgIpc) is 3.35. The average molecular weight is 509 g/mol.